The Morgan fingerprint density at radius 3 is 3.00 bits per heavy atom. The quantitative estimate of drug-likeness (QED) is 0.569. The third-order valence-electron chi connectivity index (χ3n) is 1.46. The predicted octanol–water partition coefficient (Wildman–Crippen LogP) is 2.15. The van der Waals surface area contributed by atoms with Gasteiger partial charge in [-0.1, -0.05) is 0 Å². The summed E-state index contributed by atoms with van der Waals surface area (Å²) in [6.45, 7) is 2.51. The average Bonchev–Trinajstić information content (AvgIpc) is 2.19. The second kappa shape index (κ2) is 5.44. The Bertz CT molecular complexity index is 329. The Labute approximate surface area is 87.5 Å². The van der Waals surface area contributed by atoms with E-state index < -0.39 is 0 Å². The number of halogens is 1. The number of ether oxygens (including phenoxy) is 2. The second-order valence-corrected chi connectivity index (χ2v) is 2.69. The highest BCUT2D eigenvalue weighted by molar-refractivity contribution is 6.28. The Balaban J connectivity index is 2.87. The molecule has 76 valence electrons. The van der Waals surface area contributed by atoms with E-state index in [1.807, 2.05) is 6.92 Å². The summed E-state index contributed by atoms with van der Waals surface area (Å²) in [5.74, 6) is 0.561. The zero-order chi connectivity index (χ0) is 10.4. The van der Waals surface area contributed by atoms with Crippen LogP contribution in [0, 0.1) is 0 Å². The molecule has 0 aliphatic rings. The lowest BCUT2D eigenvalue weighted by Gasteiger charge is -2.02. The Hall–Kier alpha value is -1.29. The van der Waals surface area contributed by atoms with Gasteiger partial charge in [0.15, 0.2) is 5.75 Å². The van der Waals surface area contributed by atoms with Crippen LogP contribution < -0.4 is 4.74 Å². The summed E-state index contributed by atoms with van der Waals surface area (Å²) in [4.78, 5) is 7.77. The Kier molecular flexibility index (Phi) is 4.19. The minimum atomic E-state index is 0.182. The smallest absolute Gasteiger partial charge is 0.223 e. The molecule has 4 nitrogen and oxygen atoms in total. The molecule has 0 amide bonds. The van der Waals surface area contributed by atoms with Crippen molar-refractivity contribution >= 4 is 17.7 Å². The summed E-state index contributed by atoms with van der Waals surface area (Å²) in [6, 6.07) is 0. The summed E-state index contributed by atoms with van der Waals surface area (Å²) in [5.41, 5.74) is 0.598. The largest absolute Gasteiger partial charge is 0.501 e. The third-order valence-corrected chi connectivity index (χ3v) is 1.64. The number of nitrogens with zero attached hydrogens (tertiary/aromatic N) is 2. The molecule has 0 saturated carbocycles. The van der Waals surface area contributed by atoms with E-state index in [-0.39, 0.29) is 5.28 Å². The molecule has 14 heavy (non-hydrogen) atoms. The lowest BCUT2D eigenvalue weighted by atomic mass is 10.4. The first-order valence-electron chi connectivity index (χ1n) is 4.12. The highest BCUT2D eigenvalue weighted by Crippen LogP contribution is 2.17. The highest BCUT2D eigenvalue weighted by atomic mass is 35.5. The van der Waals surface area contributed by atoms with Crippen molar-refractivity contribution in [1.82, 2.24) is 9.97 Å². The van der Waals surface area contributed by atoms with Gasteiger partial charge in [0.1, 0.15) is 5.69 Å². The average molecular weight is 215 g/mol. The summed E-state index contributed by atoms with van der Waals surface area (Å²) < 4.78 is 10.1. The predicted molar refractivity (Wildman–Crippen MR) is 54.3 cm³/mol. The maximum absolute atomic E-state index is 5.63. The fourth-order valence-electron chi connectivity index (χ4n) is 0.847. The van der Waals surface area contributed by atoms with Crippen LogP contribution in [-0.2, 0) is 4.74 Å². The minimum Gasteiger partial charge on any atom is -0.501 e. The van der Waals surface area contributed by atoms with E-state index >= 15 is 0 Å². The molecule has 0 saturated heterocycles. The van der Waals surface area contributed by atoms with Crippen molar-refractivity contribution in [2.24, 2.45) is 0 Å². The molecule has 0 aliphatic carbocycles. The summed E-state index contributed by atoms with van der Waals surface area (Å²) in [5, 5.41) is 0.182. The lowest BCUT2D eigenvalue weighted by molar-refractivity contribution is 0.272. The van der Waals surface area contributed by atoms with Gasteiger partial charge in [-0.05, 0) is 18.5 Å². The molecule has 5 heteroatoms. The van der Waals surface area contributed by atoms with Crippen LogP contribution in [0.25, 0.3) is 6.08 Å². The number of methoxy groups -OCH3 is 1. The molecule has 1 aromatic heterocycles. The van der Waals surface area contributed by atoms with Gasteiger partial charge < -0.3 is 9.47 Å². The lowest BCUT2D eigenvalue weighted by Crippen LogP contribution is -1.93. The van der Waals surface area contributed by atoms with E-state index in [0.717, 1.165) is 0 Å². The molecule has 0 unspecified atom stereocenters. The molecule has 1 rings (SSSR count). The van der Waals surface area contributed by atoms with Gasteiger partial charge in [-0.2, -0.15) is 0 Å². The molecule has 1 heterocycles. The van der Waals surface area contributed by atoms with Crippen molar-refractivity contribution in [2.45, 2.75) is 6.92 Å². The van der Waals surface area contributed by atoms with Crippen LogP contribution in [0.2, 0.25) is 5.28 Å². The molecule has 0 fully saturated rings. The number of aromatic nitrogens is 2. The summed E-state index contributed by atoms with van der Waals surface area (Å²) in [7, 11) is 1.55. The molecule has 0 aliphatic heterocycles. The monoisotopic (exact) mass is 214 g/mol. The Morgan fingerprint density at radius 2 is 2.36 bits per heavy atom. The van der Waals surface area contributed by atoms with Crippen LogP contribution in [0.15, 0.2) is 12.5 Å². The minimum absolute atomic E-state index is 0.182. The van der Waals surface area contributed by atoms with Gasteiger partial charge in [0.05, 0.1) is 26.2 Å². The second-order valence-electron chi connectivity index (χ2n) is 2.35. The van der Waals surface area contributed by atoms with Crippen molar-refractivity contribution in [3.63, 3.8) is 0 Å². The first-order chi connectivity index (χ1) is 6.77. The first kappa shape index (κ1) is 10.8. The van der Waals surface area contributed by atoms with Gasteiger partial charge in [-0.3, -0.25) is 0 Å². The standard InChI is InChI=1S/C9H11ClN2O2/c1-3-14-5-4-7-8(13-2)6-11-9(10)12-7/h4-6H,3H2,1-2H3/b5-4+. The van der Waals surface area contributed by atoms with Crippen molar-refractivity contribution in [3.8, 4) is 5.75 Å². The van der Waals surface area contributed by atoms with Gasteiger partial charge in [-0.15, -0.1) is 0 Å². The van der Waals surface area contributed by atoms with Crippen LogP contribution in [0.3, 0.4) is 0 Å². The fourth-order valence-corrected chi connectivity index (χ4v) is 0.987. The van der Waals surface area contributed by atoms with Crippen LogP contribution in [0.5, 0.6) is 5.75 Å². The highest BCUT2D eigenvalue weighted by Gasteiger charge is 2.02. The first-order valence-corrected chi connectivity index (χ1v) is 4.50. The molecule has 0 N–H and O–H groups in total. The zero-order valence-corrected chi connectivity index (χ0v) is 8.78. The maximum Gasteiger partial charge on any atom is 0.223 e. The molecule has 0 bridgehead atoms. The van der Waals surface area contributed by atoms with E-state index in [0.29, 0.717) is 18.1 Å². The van der Waals surface area contributed by atoms with Crippen molar-refractivity contribution < 1.29 is 9.47 Å². The third kappa shape index (κ3) is 2.88. The normalized spacial score (nSPS) is 10.5. The zero-order valence-electron chi connectivity index (χ0n) is 8.03. The van der Waals surface area contributed by atoms with Crippen LogP contribution in [0.1, 0.15) is 12.6 Å². The van der Waals surface area contributed by atoms with Gasteiger partial charge in [0.2, 0.25) is 5.28 Å². The van der Waals surface area contributed by atoms with E-state index in [1.165, 1.54) is 6.20 Å². The topological polar surface area (TPSA) is 44.2 Å². The summed E-state index contributed by atoms with van der Waals surface area (Å²) in [6.07, 6.45) is 4.73. The van der Waals surface area contributed by atoms with Crippen LogP contribution >= 0.6 is 11.6 Å². The molecule has 0 atom stereocenters. The fraction of sp³-hybridized carbons (Fsp3) is 0.333. The van der Waals surface area contributed by atoms with Gasteiger partial charge in [0.25, 0.3) is 0 Å². The van der Waals surface area contributed by atoms with Crippen molar-refractivity contribution in [2.75, 3.05) is 13.7 Å². The number of rotatable bonds is 4. The SMILES string of the molecule is CCO/C=C/c1nc(Cl)ncc1OC. The molecule has 0 aromatic carbocycles. The van der Waals surface area contributed by atoms with Gasteiger partial charge in [-0.25, -0.2) is 9.97 Å². The molecule has 0 radical (unpaired) electrons. The summed E-state index contributed by atoms with van der Waals surface area (Å²) >= 11 is 5.63. The van der Waals surface area contributed by atoms with Crippen molar-refractivity contribution in [3.05, 3.63) is 23.4 Å². The van der Waals surface area contributed by atoms with E-state index in [1.54, 1.807) is 19.4 Å². The van der Waals surface area contributed by atoms with Gasteiger partial charge >= 0.3 is 0 Å². The number of hydrogen-bond acceptors (Lipinski definition) is 4. The van der Waals surface area contributed by atoms with Crippen LogP contribution in [-0.4, -0.2) is 23.7 Å². The molecular formula is C9H11ClN2O2. The maximum atomic E-state index is 5.63. The van der Waals surface area contributed by atoms with Crippen molar-refractivity contribution in [1.29, 1.82) is 0 Å². The molecular weight excluding hydrogens is 204 g/mol. The van der Waals surface area contributed by atoms with E-state index in [9.17, 15) is 0 Å². The number of hydrogen-bond donors (Lipinski definition) is 0. The molecule has 1 aromatic rings. The van der Waals surface area contributed by atoms with Gasteiger partial charge in [0, 0.05) is 6.08 Å². The van der Waals surface area contributed by atoms with E-state index in [4.69, 9.17) is 21.1 Å². The molecule has 0 spiro atoms. The van der Waals surface area contributed by atoms with E-state index in [2.05, 4.69) is 9.97 Å². The van der Waals surface area contributed by atoms with Crippen LogP contribution in [0.4, 0.5) is 0 Å². The Morgan fingerprint density at radius 1 is 1.57 bits per heavy atom.